The minimum absolute atomic E-state index is 2.17. The van der Waals surface area contributed by atoms with E-state index in [9.17, 15) is 22.0 Å². The molecule has 0 N–H and O–H groups in total. The topological polar surface area (TPSA) is 0 Å². The summed E-state index contributed by atoms with van der Waals surface area (Å²) in [4.78, 5) is -2.17. The number of hydrogen-bond donors (Lipinski definition) is 0. The van der Waals surface area contributed by atoms with E-state index in [1.807, 2.05) is 0 Å². The Balaban J connectivity index is 4.61. The molecule has 0 bridgehead atoms. The van der Waals surface area contributed by atoms with Crippen LogP contribution in [0.25, 0.3) is 0 Å². The lowest BCUT2D eigenvalue weighted by atomic mass is 10.2. The lowest BCUT2D eigenvalue weighted by Crippen LogP contribution is -2.46. The van der Waals surface area contributed by atoms with Crippen molar-refractivity contribution in [3.05, 3.63) is 0 Å². The first kappa shape index (κ1) is 12.5. The third-order valence-corrected chi connectivity index (χ3v) is 1.81. The van der Waals surface area contributed by atoms with Crippen molar-refractivity contribution in [1.82, 2.24) is 0 Å². The second-order valence-electron chi connectivity index (χ2n) is 1.86. The van der Waals surface area contributed by atoms with E-state index in [4.69, 9.17) is 0 Å². The molecule has 0 saturated heterocycles. The molecule has 0 spiro atoms. The van der Waals surface area contributed by atoms with Crippen LogP contribution in [0.15, 0.2) is 0 Å². The van der Waals surface area contributed by atoms with E-state index < -0.39 is 22.3 Å². The van der Waals surface area contributed by atoms with Crippen molar-refractivity contribution in [1.29, 1.82) is 0 Å². The van der Waals surface area contributed by atoms with Gasteiger partial charge in [-0.15, -0.1) is 23.2 Å². The van der Waals surface area contributed by atoms with Crippen LogP contribution in [0.5, 0.6) is 0 Å². The van der Waals surface area contributed by atoms with Crippen LogP contribution in [0.1, 0.15) is 0 Å². The van der Waals surface area contributed by atoms with Crippen molar-refractivity contribution in [2.45, 2.75) is 22.3 Å². The average Bonchev–Trinajstić information content (AvgIpc) is 1.83. The van der Waals surface area contributed by atoms with Gasteiger partial charge in [0.1, 0.15) is 4.84 Å². The molecule has 2 atom stereocenters. The number of halogens is 8. The number of hydrogen-bond acceptors (Lipinski definition) is 0. The zero-order valence-corrected chi connectivity index (χ0v) is 7.45. The van der Waals surface area contributed by atoms with E-state index in [0.717, 1.165) is 0 Å². The molecule has 0 aromatic rings. The smallest absolute Gasteiger partial charge is 0.239 e. The average molecular weight is 251 g/mol. The molecule has 0 rings (SSSR count). The lowest BCUT2D eigenvalue weighted by molar-refractivity contribution is -0.214. The van der Waals surface area contributed by atoms with E-state index >= 15 is 0 Å². The van der Waals surface area contributed by atoms with Gasteiger partial charge in [0.2, 0.25) is 0 Å². The maximum absolute atomic E-state index is 12.3. The highest BCUT2D eigenvalue weighted by Crippen LogP contribution is 2.44. The van der Waals surface area contributed by atoms with Gasteiger partial charge in [0, 0.05) is 0 Å². The Morgan fingerprint density at radius 1 is 1.00 bits per heavy atom. The largest absolute Gasteiger partial charge is 0.440 e. The van der Waals surface area contributed by atoms with Crippen LogP contribution in [0.4, 0.5) is 22.0 Å². The van der Waals surface area contributed by atoms with Crippen molar-refractivity contribution in [3.63, 3.8) is 0 Å². The molecule has 74 valence electrons. The van der Waals surface area contributed by atoms with Gasteiger partial charge in [-0.05, 0) is 0 Å². The monoisotopic (exact) mass is 250 g/mol. The molecular weight excluding hydrogens is 249 g/mol. The van der Waals surface area contributed by atoms with Crippen molar-refractivity contribution in [2.24, 2.45) is 0 Å². The zero-order valence-electron chi connectivity index (χ0n) is 5.18. The highest BCUT2D eigenvalue weighted by atomic mass is 35.5. The summed E-state index contributed by atoms with van der Waals surface area (Å²) in [6.07, 6.45) is -8.77. The molecule has 0 aromatic carbocycles. The lowest BCUT2D eigenvalue weighted by Gasteiger charge is -2.24. The van der Waals surface area contributed by atoms with Crippen LogP contribution >= 0.6 is 34.8 Å². The van der Waals surface area contributed by atoms with Crippen LogP contribution in [0.2, 0.25) is 0 Å². The molecule has 0 heterocycles. The number of rotatable bonds is 2. The fourth-order valence-electron chi connectivity index (χ4n) is 0.315. The second-order valence-corrected chi connectivity index (χ2v) is 3.57. The van der Waals surface area contributed by atoms with Gasteiger partial charge in [0.25, 0.3) is 0 Å². The minimum atomic E-state index is -5.55. The molecule has 0 amide bonds. The van der Waals surface area contributed by atoms with Gasteiger partial charge in [-0.1, -0.05) is 11.6 Å². The quantitative estimate of drug-likeness (QED) is 0.520. The molecule has 0 saturated carbocycles. The van der Waals surface area contributed by atoms with E-state index in [-0.39, 0.29) is 0 Å². The molecule has 12 heavy (non-hydrogen) atoms. The maximum Gasteiger partial charge on any atom is 0.440 e. The third-order valence-electron chi connectivity index (χ3n) is 0.946. The SMILES string of the molecule is FC(C(Cl)Cl)C(F)(Cl)C(F)(F)F. The molecule has 0 aliphatic carbocycles. The van der Waals surface area contributed by atoms with Gasteiger partial charge >= 0.3 is 11.3 Å². The molecule has 0 aliphatic heterocycles. The molecule has 0 nitrogen and oxygen atoms in total. The van der Waals surface area contributed by atoms with Gasteiger partial charge in [-0.2, -0.15) is 13.2 Å². The van der Waals surface area contributed by atoms with Crippen LogP contribution in [0, 0.1) is 0 Å². The Hall–Kier alpha value is 0.520. The van der Waals surface area contributed by atoms with Gasteiger partial charge in [-0.25, -0.2) is 8.78 Å². The van der Waals surface area contributed by atoms with Crippen LogP contribution < -0.4 is 0 Å². The maximum atomic E-state index is 12.3. The first-order valence-electron chi connectivity index (χ1n) is 2.47. The molecule has 0 radical (unpaired) electrons. The Morgan fingerprint density at radius 2 is 1.33 bits per heavy atom. The Kier molecular flexibility index (Phi) is 3.88. The molecule has 0 aromatic heterocycles. The Labute approximate surface area is 79.6 Å². The van der Waals surface area contributed by atoms with Crippen LogP contribution in [-0.2, 0) is 0 Å². The van der Waals surface area contributed by atoms with E-state index in [0.29, 0.717) is 0 Å². The van der Waals surface area contributed by atoms with Gasteiger partial charge in [0.15, 0.2) is 6.17 Å². The summed E-state index contributed by atoms with van der Waals surface area (Å²) in [6, 6.07) is 0. The van der Waals surface area contributed by atoms with Gasteiger partial charge < -0.3 is 0 Å². The minimum Gasteiger partial charge on any atom is -0.239 e. The molecule has 0 fully saturated rings. The highest BCUT2D eigenvalue weighted by molar-refractivity contribution is 6.45. The summed E-state index contributed by atoms with van der Waals surface area (Å²) in [7, 11) is 0. The first-order valence-corrected chi connectivity index (χ1v) is 3.72. The summed E-state index contributed by atoms with van der Waals surface area (Å²) in [6.45, 7) is 0. The summed E-state index contributed by atoms with van der Waals surface area (Å²) in [5, 5.41) is -4.54. The normalized spacial score (nSPS) is 20.8. The Bertz CT molecular complexity index is 153. The van der Waals surface area contributed by atoms with Crippen molar-refractivity contribution >= 4 is 34.8 Å². The summed E-state index contributed by atoms with van der Waals surface area (Å²) in [5.74, 6) is 0. The molecule has 0 aliphatic rings. The first-order chi connectivity index (χ1) is 5.10. The highest BCUT2D eigenvalue weighted by Gasteiger charge is 2.62. The predicted octanol–water partition coefficient (Wildman–Crippen LogP) is 3.60. The van der Waals surface area contributed by atoms with Crippen molar-refractivity contribution in [2.75, 3.05) is 0 Å². The predicted molar refractivity (Wildman–Crippen MR) is 36.1 cm³/mol. The second kappa shape index (κ2) is 3.72. The summed E-state index contributed by atoms with van der Waals surface area (Å²) >= 11 is 13.6. The van der Waals surface area contributed by atoms with Gasteiger partial charge in [0.05, 0.1) is 0 Å². The molecule has 2 unspecified atom stereocenters. The van der Waals surface area contributed by atoms with Crippen molar-refractivity contribution < 1.29 is 22.0 Å². The molecule has 8 heteroatoms. The van der Waals surface area contributed by atoms with E-state index in [1.165, 1.54) is 0 Å². The van der Waals surface area contributed by atoms with Gasteiger partial charge in [-0.3, -0.25) is 0 Å². The van der Waals surface area contributed by atoms with Crippen molar-refractivity contribution in [3.8, 4) is 0 Å². The zero-order chi connectivity index (χ0) is 10.2. The summed E-state index contributed by atoms with van der Waals surface area (Å²) < 4.78 is 59.4. The Morgan fingerprint density at radius 3 is 1.42 bits per heavy atom. The van der Waals surface area contributed by atoms with E-state index in [2.05, 4.69) is 34.8 Å². The van der Waals surface area contributed by atoms with E-state index in [1.54, 1.807) is 0 Å². The fraction of sp³-hybridized carbons (Fsp3) is 1.00. The number of alkyl halides is 8. The summed E-state index contributed by atoms with van der Waals surface area (Å²) in [5.41, 5.74) is 0. The molecular formula is C4H2Cl3F5. The van der Waals surface area contributed by atoms with Crippen LogP contribution in [-0.4, -0.2) is 22.3 Å². The third kappa shape index (κ3) is 2.50. The fourth-order valence-corrected chi connectivity index (χ4v) is 0.917. The van der Waals surface area contributed by atoms with Crippen LogP contribution in [0.3, 0.4) is 0 Å². The standard InChI is InChI=1S/C4H2Cl3F5/c5-2(6)1(8)3(7,9)4(10,11)12/h1-2H.